The van der Waals surface area contributed by atoms with Gasteiger partial charge in [-0.05, 0) is 58.8 Å². The third-order valence-electron chi connectivity index (χ3n) is 3.43. The third-order valence-corrected chi connectivity index (χ3v) is 4.13. The van der Waals surface area contributed by atoms with E-state index in [9.17, 15) is 0 Å². The van der Waals surface area contributed by atoms with E-state index in [-0.39, 0.29) is 0 Å². The fraction of sp³-hybridized carbons (Fsp3) is 0.444. The Hall–Kier alpha value is -1.12. The molecule has 108 valence electrons. The van der Waals surface area contributed by atoms with Crippen molar-refractivity contribution in [1.29, 1.82) is 0 Å². The van der Waals surface area contributed by atoms with Gasteiger partial charge >= 0.3 is 0 Å². The zero-order valence-electron chi connectivity index (χ0n) is 12.7. The summed E-state index contributed by atoms with van der Waals surface area (Å²) >= 11 is 1.77. The lowest BCUT2D eigenvalue weighted by molar-refractivity contribution is 0.599. The van der Waals surface area contributed by atoms with Gasteiger partial charge in [-0.3, -0.25) is 0 Å². The van der Waals surface area contributed by atoms with E-state index in [0.717, 1.165) is 19.4 Å². The Morgan fingerprint density at radius 1 is 1.05 bits per heavy atom. The maximum atomic E-state index is 3.66. The fourth-order valence-electron chi connectivity index (χ4n) is 2.47. The van der Waals surface area contributed by atoms with Crippen LogP contribution in [0.3, 0.4) is 0 Å². The minimum Gasteiger partial charge on any atom is -0.306 e. The van der Waals surface area contributed by atoms with Gasteiger partial charge < -0.3 is 5.32 Å². The van der Waals surface area contributed by atoms with Crippen molar-refractivity contribution >= 4 is 11.3 Å². The summed E-state index contributed by atoms with van der Waals surface area (Å²) in [5.41, 5.74) is 4.17. The van der Waals surface area contributed by atoms with Gasteiger partial charge in [-0.15, -0.1) is 0 Å². The van der Waals surface area contributed by atoms with E-state index in [2.05, 4.69) is 67.2 Å². The molecular formula is C18H25NS. The van der Waals surface area contributed by atoms with Gasteiger partial charge in [0.2, 0.25) is 0 Å². The summed E-state index contributed by atoms with van der Waals surface area (Å²) in [5, 5.41) is 8.06. The zero-order valence-corrected chi connectivity index (χ0v) is 13.5. The van der Waals surface area contributed by atoms with Crippen molar-refractivity contribution in [3.8, 4) is 0 Å². The monoisotopic (exact) mass is 287 g/mol. The summed E-state index contributed by atoms with van der Waals surface area (Å²) in [6, 6.07) is 11.7. The largest absolute Gasteiger partial charge is 0.306 e. The lowest BCUT2D eigenvalue weighted by Gasteiger charge is -2.18. The molecule has 1 N–H and O–H groups in total. The minimum atomic E-state index is 0.328. The lowest BCUT2D eigenvalue weighted by Crippen LogP contribution is -2.22. The van der Waals surface area contributed by atoms with E-state index < -0.39 is 0 Å². The second-order valence-electron chi connectivity index (χ2n) is 5.78. The van der Waals surface area contributed by atoms with Crippen molar-refractivity contribution in [2.75, 3.05) is 6.54 Å². The highest BCUT2D eigenvalue weighted by atomic mass is 32.1. The highest BCUT2D eigenvalue weighted by Crippen LogP contribution is 2.25. The summed E-state index contributed by atoms with van der Waals surface area (Å²) in [4.78, 5) is 0. The average molecular weight is 287 g/mol. The van der Waals surface area contributed by atoms with E-state index >= 15 is 0 Å². The number of hydrogen-bond donors (Lipinski definition) is 1. The van der Waals surface area contributed by atoms with Gasteiger partial charge in [0.1, 0.15) is 0 Å². The summed E-state index contributed by atoms with van der Waals surface area (Å²) in [7, 11) is 0. The van der Waals surface area contributed by atoms with Gasteiger partial charge in [-0.25, -0.2) is 0 Å². The standard InChI is InChI=1S/C18H25NS/c1-4-10-19-18(17-9-11-20-13-17)16-7-5-15(6-8-16)12-14(2)3/h5-9,11,13-14,18-19H,4,10,12H2,1-3H3. The molecule has 20 heavy (non-hydrogen) atoms. The van der Waals surface area contributed by atoms with Gasteiger partial charge in [0.15, 0.2) is 0 Å². The Morgan fingerprint density at radius 2 is 1.80 bits per heavy atom. The van der Waals surface area contributed by atoms with E-state index in [1.165, 1.54) is 16.7 Å². The van der Waals surface area contributed by atoms with Gasteiger partial charge in [-0.1, -0.05) is 45.0 Å². The fourth-order valence-corrected chi connectivity index (χ4v) is 3.16. The van der Waals surface area contributed by atoms with Gasteiger partial charge in [0.05, 0.1) is 6.04 Å². The molecule has 1 aromatic heterocycles. The minimum absolute atomic E-state index is 0.328. The average Bonchev–Trinajstić information content (AvgIpc) is 2.94. The van der Waals surface area contributed by atoms with Crippen LogP contribution in [0.2, 0.25) is 0 Å². The first-order valence-corrected chi connectivity index (χ1v) is 8.49. The topological polar surface area (TPSA) is 12.0 Å². The number of nitrogens with one attached hydrogen (secondary N) is 1. The predicted molar refractivity (Wildman–Crippen MR) is 89.4 cm³/mol. The number of benzene rings is 1. The van der Waals surface area contributed by atoms with Crippen molar-refractivity contribution in [3.05, 3.63) is 57.8 Å². The van der Waals surface area contributed by atoms with Crippen LogP contribution in [-0.2, 0) is 6.42 Å². The molecule has 2 aromatic rings. The summed E-state index contributed by atoms with van der Waals surface area (Å²) < 4.78 is 0. The molecule has 1 nitrogen and oxygen atoms in total. The molecule has 2 rings (SSSR count). The van der Waals surface area contributed by atoms with Crippen molar-refractivity contribution < 1.29 is 0 Å². The Morgan fingerprint density at radius 3 is 2.35 bits per heavy atom. The second-order valence-corrected chi connectivity index (χ2v) is 6.56. The Kier molecular flexibility index (Phi) is 5.81. The molecule has 1 heterocycles. The maximum absolute atomic E-state index is 3.66. The van der Waals surface area contributed by atoms with Crippen molar-refractivity contribution in [3.63, 3.8) is 0 Å². The normalized spacial score (nSPS) is 12.8. The van der Waals surface area contributed by atoms with E-state index in [1.807, 2.05) is 0 Å². The molecule has 0 spiro atoms. The highest BCUT2D eigenvalue weighted by molar-refractivity contribution is 7.08. The van der Waals surface area contributed by atoms with E-state index in [1.54, 1.807) is 11.3 Å². The van der Waals surface area contributed by atoms with Crippen LogP contribution in [0.25, 0.3) is 0 Å². The first-order chi connectivity index (χ1) is 9.70. The molecule has 0 saturated carbocycles. The van der Waals surface area contributed by atoms with Crippen LogP contribution in [0.15, 0.2) is 41.1 Å². The molecule has 1 unspecified atom stereocenters. The molecule has 0 aliphatic carbocycles. The third kappa shape index (κ3) is 4.19. The van der Waals surface area contributed by atoms with Crippen LogP contribution in [0, 0.1) is 5.92 Å². The van der Waals surface area contributed by atoms with Gasteiger partial charge in [0, 0.05) is 0 Å². The smallest absolute Gasteiger partial charge is 0.0584 e. The van der Waals surface area contributed by atoms with E-state index in [4.69, 9.17) is 0 Å². The maximum Gasteiger partial charge on any atom is 0.0584 e. The molecule has 0 amide bonds. The molecule has 0 radical (unpaired) electrons. The molecular weight excluding hydrogens is 262 g/mol. The van der Waals surface area contributed by atoms with Crippen LogP contribution in [0.4, 0.5) is 0 Å². The van der Waals surface area contributed by atoms with E-state index in [0.29, 0.717) is 12.0 Å². The van der Waals surface area contributed by atoms with Gasteiger partial charge in [0.25, 0.3) is 0 Å². The molecule has 0 fully saturated rings. The van der Waals surface area contributed by atoms with Crippen molar-refractivity contribution in [1.82, 2.24) is 5.32 Å². The zero-order chi connectivity index (χ0) is 14.4. The first kappa shape index (κ1) is 15.3. The summed E-state index contributed by atoms with van der Waals surface area (Å²) in [6.07, 6.45) is 2.32. The molecule has 1 atom stereocenters. The van der Waals surface area contributed by atoms with Crippen LogP contribution in [0.5, 0.6) is 0 Å². The molecule has 0 aliphatic rings. The molecule has 0 bridgehead atoms. The Bertz CT molecular complexity index is 485. The number of thiophene rings is 1. The van der Waals surface area contributed by atoms with Crippen molar-refractivity contribution in [2.45, 2.75) is 39.7 Å². The van der Waals surface area contributed by atoms with Crippen LogP contribution >= 0.6 is 11.3 Å². The Balaban J connectivity index is 2.16. The predicted octanol–water partition coefficient (Wildman–Crippen LogP) is 5.04. The lowest BCUT2D eigenvalue weighted by atomic mass is 9.97. The molecule has 1 aromatic carbocycles. The molecule has 0 aliphatic heterocycles. The second kappa shape index (κ2) is 7.61. The summed E-state index contributed by atoms with van der Waals surface area (Å²) in [5.74, 6) is 0.715. The van der Waals surface area contributed by atoms with Crippen LogP contribution in [0.1, 0.15) is 49.9 Å². The van der Waals surface area contributed by atoms with Crippen LogP contribution in [-0.4, -0.2) is 6.54 Å². The first-order valence-electron chi connectivity index (χ1n) is 7.55. The quantitative estimate of drug-likeness (QED) is 0.752. The molecule has 2 heteroatoms. The highest BCUT2D eigenvalue weighted by Gasteiger charge is 2.13. The summed E-state index contributed by atoms with van der Waals surface area (Å²) in [6.45, 7) is 7.80. The number of hydrogen-bond acceptors (Lipinski definition) is 2. The Labute approximate surface area is 127 Å². The van der Waals surface area contributed by atoms with Crippen LogP contribution < -0.4 is 5.32 Å². The number of rotatable bonds is 7. The van der Waals surface area contributed by atoms with Crippen molar-refractivity contribution in [2.24, 2.45) is 5.92 Å². The van der Waals surface area contributed by atoms with Gasteiger partial charge in [-0.2, -0.15) is 11.3 Å². The molecule has 0 saturated heterocycles. The SMILES string of the molecule is CCCNC(c1ccc(CC(C)C)cc1)c1ccsc1.